The highest BCUT2D eigenvalue weighted by Crippen LogP contribution is 2.26. The largest absolute Gasteiger partial charge is 0.477 e. The summed E-state index contributed by atoms with van der Waals surface area (Å²) in [5.74, 6) is 1.14. The van der Waals surface area contributed by atoms with Gasteiger partial charge in [0.15, 0.2) is 0 Å². The molecule has 2 aromatic heterocycles. The third-order valence-corrected chi connectivity index (χ3v) is 6.64. The predicted octanol–water partition coefficient (Wildman–Crippen LogP) is 4.71. The van der Waals surface area contributed by atoms with Crippen LogP contribution in [0.5, 0.6) is 5.88 Å². The van der Waals surface area contributed by atoms with Crippen molar-refractivity contribution in [1.82, 2.24) is 19.9 Å². The standard InChI is InChI=1S/C29H35N5O3/c1-22-20-31-29-32-26-8-7-23(6-5-11-34-12-16-35-17-13-34)25(18-26)21-36-14-3-2-4-15-37-27-19-24(9-10-30-27)28(22)33-29/h2-3,7-10,18-20H,4-6,11-17,21H2,1H3,(H,31,32,33)/b3-2+. The minimum absolute atomic E-state index is 0.552. The zero-order chi connectivity index (χ0) is 25.3. The Kier molecular flexibility index (Phi) is 8.74. The number of rotatable bonds is 4. The maximum absolute atomic E-state index is 6.02. The lowest BCUT2D eigenvalue weighted by atomic mass is 10.0. The SMILES string of the molecule is Cc1cnc2nc1-c1ccnc(c1)OCC/C=C/COCc1cc(ccc1CCCN1CCOCC1)N2. The van der Waals surface area contributed by atoms with Crippen LogP contribution in [0.3, 0.4) is 0 Å². The third-order valence-electron chi connectivity index (χ3n) is 6.64. The fourth-order valence-corrected chi connectivity index (χ4v) is 4.61. The van der Waals surface area contributed by atoms with E-state index in [4.69, 9.17) is 19.2 Å². The van der Waals surface area contributed by atoms with Crippen molar-refractivity contribution >= 4 is 11.6 Å². The summed E-state index contributed by atoms with van der Waals surface area (Å²) < 4.78 is 17.4. The molecule has 8 heteroatoms. The Morgan fingerprint density at radius 3 is 2.84 bits per heavy atom. The number of hydrogen-bond acceptors (Lipinski definition) is 8. The van der Waals surface area contributed by atoms with Gasteiger partial charge in [0, 0.05) is 42.8 Å². The van der Waals surface area contributed by atoms with Gasteiger partial charge in [0.2, 0.25) is 11.8 Å². The van der Waals surface area contributed by atoms with Crippen LogP contribution in [0, 0.1) is 6.92 Å². The Balaban J connectivity index is 1.37. The molecule has 1 saturated heterocycles. The Morgan fingerprint density at radius 1 is 1.00 bits per heavy atom. The second-order valence-corrected chi connectivity index (χ2v) is 9.40. The lowest BCUT2D eigenvalue weighted by molar-refractivity contribution is 0.0374. The molecule has 0 amide bonds. The van der Waals surface area contributed by atoms with Crippen LogP contribution in [-0.4, -0.2) is 65.9 Å². The highest BCUT2D eigenvalue weighted by atomic mass is 16.5. The Morgan fingerprint density at radius 2 is 1.92 bits per heavy atom. The van der Waals surface area contributed by atoms with Crippen LogP contribution in [0.15, 0.2) is 54.9 Å². The second-order valence-electron chi connectivity index (χ2n) is 9.40. The first-order chi connectivity index (χ1) is 18.2. The molecule has 8 nitrogen and oxygen atoms in total. The molecule has 1 aromatic carbocycles. The van der Waals surface area contributed by atoms with Gasteiger partial charge in [-0.2, -0.15) is 0 Å². The van der Waals surface area contributed by atoms with Gasteiger partial charge in [0.1, 0.15) is 0 Å². The van der Waals surface area contributed by atoms with Gasteiger partial charge in [0.05, 0.1) is 38.7 Å². The van der Waals surface area contributed by atoms with Gasteiger partial charge in [-0.3, -0.25) is 4.90 Å². The van der Waals surface area contributed by atoms with Crippen molar-refractivity contribution in [3.05, 3.63) is 71.6 Å². The van der Waals surface area contributed by atoms with Gasteiger partial charge >= 0.3 is 0 Å². The van der Waals surface area contributed by atoms with E-state index in [-0.39, 0.29) is 0 Å². The normalized spacial score (nSPS) is 17.6. The molecule has 5 rings (SSSR count). The number of aryl methyl sites for hydroxylation is 2. The van der Waals surface area contributed by atoms with Crippen molar-refractivity contribution in [2.75, 3.05) is 51.4 Å². The summed E-state index contributed by atoms with van der Waals surface area (Å²) in [5, 5.41) is 3.40. The van der Waals surface area contributed by atoms with Crippen LogP contribution in [-0.2, 0) is 22.5 Å². The summed E-state index contributed by atoms with van der Waals surface area (Å²) in [4.78, 5) is 16.2. The van der Waals surface area contributed by atoms with E-state index in [1.165, 1.54) is 11.1 Å². The van der Waals surface area contributed by atoms with Gasteiger partial charge < -0.3 is 19.5 Å². The van der Waals surface area contributed by atoms with E-state index in [0.29, 0.717) is 31.6 Å². The van der Waals surface area contributed by atoms with Crippen molar-refractivity contribution in [1.29, 1.82) is 0 Å². The van der Waals surface area contributed by atoms with Gasteiger partial charge in [-0.25, -0.2) is 15.0 Å². The first-order valence-electron chi connectivity index (χ1n) is 13.1. The molecule has 37 heavy (non-hydrogen) atoms. The first kappa shape index (κ1) is 25.3. The average Bonchev–Trinajstić information content (AvgIpc) is 2.92. The summed E-state index contributed by atoms with van der Waals surface area (Å²) in [6.45, 7) is 8.49. The van der Waals surface area contributed by atoms with Crippen LogP contribution in [0.1, 0.15) is 29.5 Å². The predicted molar refractivity (Wildman–Crippen MR) is 144 cm³/mol. The average molecular weight is 502 g/mol. The summed E-state index contributed by atoms with van der Waals surface area (Å²) in [5.41, 5.74) is 6.25. The number of fused-ring (bicyclic) bond motifs is 7. The number of ether oxygens (including phenoxy) is 3. The van der Waals surface area contributed by atoms with E-state index in [9.17, 15) is 0 Å². The van der Waals surface area contributed by atoms with Crippen molar-refractivity contribution < 1.29 is 14.2 Å². The molecule has 0 atom stereocenters. The summed E-state index contributed by atoms with van der Waals surface area (Å²) in [6.07, 6.45) is 10.7. The summed E-state index contributed by atoms with van der Waals surface area (Å²) >= 11 is 0. The molecule has 194 valence electrons. The van der Waals surface area contributed by atoms with E-state index in [2.05, 4.69) is 50.5 Å². The number of morpholine rings is 1. The van der Waals surface area contributed by atoms with E-state index in [0.717, 1.165) is 74.6 Å². The molecule has 0 unspecified atom stereocenters. The van der Waals surface area contributed by atoms with Crippen molar-refractivity contribution in [2.24, 2.45) is 0 Å². The summed E-state index contributed by atoms with van der Waals surface area (Å²) in [7, 11) is 0. The summed E-state index contributed by atoms with van der Waals surface area (Å²) in [6, 6.07) is 10.4. The van der Waals surface area contributed by atoms with Crippen LogP contribution < -0.4 is 10.1 Å². The number of hydrogen-bond donors (Lipinski definition) is 1. The van der Waals surface area contributed by atoms with Crippen LogP contribution >= 0.6 is 0 Å². The van der Waals surface area contributed by atoms with Gasteiger partial charge in [-0.05, 0) is 67.6 Å². The Hall–Kier alpha value is -3.33. The molecule has 0 spiro atoms. The quantitative estimate of drug-likeness (QED) is 0.515. The number of aromatic nitrogens is 3. The van der Waals surface area contributed by atoms with Crippen molar-refractivity contribution in [3.63, 3.8) is 0 Å². The first-order valence-corrected chi connectivity index (χ1v) is 13.1. The Bertz CT molecular complexity index is 1210. The molecule has 4 heterocycles. The molecular weight excluding hydrogens is 466 g/mol. The maximum atomic E-state index is 6.02. The van der Waals surface area contributed by atoms with Crippen LogP contribution in [0.25, 0.3) is 11.3 Å². The second kappa shape index (κ2) is 12.8. The molecule has 1 fully saturated rings. The van der Waals surface area contributed by atoms with E-state index in [1.807, 2.05) is 25.3 Å². The number of nitrogens with zero attached hydrogens (tertiary/aromatic N) is 4. The van der Waals surface area contributed by atoms with E-state index in [1.54, 1.807) is 6.20 Å². The highest BCUT2D eigenvalue weighted by molar-refractivity contribution is 5.66. The molecular formula is C29H35N5O3. The van der Waals surface area contributed by atoms with E-state index >= 15 is 0 Å². The molecule has 6 bridgehead atoms. The maximum Gasteiger partial charge on any atom is 0.227 e. The number of benzene rings is 1. The molecule has 0 radical (unpaired) electrons. The molecule has 0 aliphatic carbocycles. The van der Waals surface area contributed by atoms with E-state index < -0.39 is 0 Å². The Labute approximate surface area is 218 Å². The smallest absolute Gasteiger partial charge is 0.227 e. The third kappa shape index (κ3) is 7.13. The zero-order valence-corrected chi connectivity index (χ0v) is 21.5. The molecule has 2 aliphatic heterocycles. The number of nitrogens with one attached hydrogen (secondary N) is 1. The van der Waals surface area contributed by atoms with Crippen molar-refractivity contribution in [3.8, 4) is 17.1 Å². The number of pyridine rings is 1. The van der Waals surface area contributed by atoms with Gasteiger partial charge in [-0.1, -0.05) is 18.2 Å². The highest BCUT2D eigenvalue weighted by Gasteiger charge is 2.13. The molecule has 2 aliphatic rings. The molecule has 0 saturated carbocycles. The zero-order valence-electron chi connectivity index (χ0n) is 21.5. The molecule has 3 aromatic rings. The topological polar surface area (TPSA) is 81.6 Å². The minimum Gasteiger partial charge on any atom is -0.477 e. The molecule has 1 N–H and O–H groups in total. The fraction of sp³-hybridized carbons (Fsp3) is 0.414. The van der Waals surface area contributed by atoms with Crippen LogP contribution in [0.4, 0.5) is 11.6 Å². The number of anilines is 2. The van der Waals surface area contributed by atoms with Crippen molar-refractivity contribution in [2.45, 2.75) is 32.8 Å². The minimum atomic E-state index is 0.552. The lowest BCUT2D eigenvalue weighted by Gasteiger charge is -2.26. The lowest BCUT2D eigenvalue weighted by Crippen LogP contribution is -2.36. The monoisotopic (exact) mass is 501 g/mol. The fourth-order valence-electron chi connectivity index (χ4n) is 4.61. The van der Waals surface area contributed by atoms with Gasteiger partial charge in [-0.15, -0.1) is 0 Å². The van der Waals surface area contributed by atoms with Gasteiger partial charge in [0.25, 0.3) is 0 Å². The van der Waals surface area contributed by atoms with Crippen LogP contribution in [0.2, 0.25) is 0 Å².